The van der Waals surface area contributed by atoms with E-state index < -0.39 is 15.8 Å². The van der Waals surface area contributed by atoms with Crippen LogP contribution in [0.4, 0.5) is 11.6 Å². The lowest BCUT2D eigenvalue weighted by Crippen LogP contribution is -2.20. The predicted octanol–water partition coefficient (Wildman–Crippen LogP) is 1.32. The molecule has 0 atom stereocenters. The van der Waals surface area contributed by atoms with Gasteiger partial charge in [0.05, 0.1) is 28.5 Å². The third kappa shape index (κ3) is 2.92. The van der Waals surface area contributed by atoms with Crippen molar-refractivity contribution in [2.24, 2.45) is 7.05 Å². The Morgan fingerprint density at radius 1 is 1.15 bits per heavy atom. The molecule has 0 amide bonds. The van der Waals surface area contributed by atoms with E-state index in [1.54, 1.807) is 0 Å². The van der Waals surface area contributed by atoms with Gasteiger partial charge in [-0.25, -0.2) is 23.2 Å². The van der Waals surface area contributed by atoms with Crippen molar-refractivity contribution in [1.29, 1.82) is 0 Å². The van der Waals surface area contributed by atoms with Crippen molar-refractivity contribution < 1.29 is 12.8 Å². The summed E-state index contributed by atoms with van der Waals surface area (Å²) in [7, 11) is -2.33. The molecule has 26 heavy (non-hydrogen) atoms. The summed E-state index contributed by atoms with van der Waals surface area (Å²) in [6.07, 6.45) is 5.11. The Kier molecular flexibility index (Phi) is 3.91. The van der Waals surface area contributed by atoms with Crippen LogP contribution >= 0.6 is 0 Å². The molecule has 3 heterocycles. The van der Waals surface area contributed by atoms with E-state index >= 15 is 0 Å². The maximum absolute atomic E-state index is 12.6. The lowest BCUT2D eigenvalue weighted by atomic mass is 10.3. The van der Waals surface area contributed by atoms with Gasteiger partial charge in [-0.05, 0) is 31.0 Å². The van der Waals surface area contributed by atoms with Gasteiger partial charge < -0.3 is 9.32 Å². The number of nitrogens with one attached hydrogen (secondary N) is 1. The topological polar surface area (TPSA) is 110 Å². The van der Waals surface area contributed by atoms with Gasteiger partial charge in [-0.3, -0.25) is 9.29 Å². The molecule has 0 bridgehead atoms. The first-order valence-electron chi connectivity index (χ1n) is 8.13. The molecular weight excluding hydrogens is 358 g/mol. The van der Waals surface area contributed by atoms with Crippen LogP contribution in [0, 0.1) is 0 Å². The molecule has 1 fully saturated rings. The highest BCUT2D eigenvalue weighted by molar-refractivity contribution is 7.92. The second-order valence-corrected chi connectivity index (χ2v) is 7.81. The average Bonchev–Trinajstić information content (AvgIpc) is 3.24. The van der Waals surface area contributed by atoms with Gasteiger partial charge in [0, 0.05) is 20.1 Å². The second kappa shape index (κ2) is 6.13. The van der Waals surface area contributed by atoms with Crippen molar-refractivity contribution >= 4 is 32.8 Å². The molecule has 1 N–H and O–H groups in total. The number of fused-ring (bicyclic) bond motifs is 1. The molecule has 1 saturated heterocycles. The van der Waals surface area contributed by atoms with E-state index in [9.17, 15) is 13.2 Å². The van der Waals surface area contributed by atoms with Crippen molar-refractivity contribution in [3.63, 3.8) is 0 Å². The number of hydrogen-bond donors (Lipinski definition) is 1. The third-order valence-electron chi connectivity index (χ3n) is 4.35. The molecular formula is C16H17N5O4S. The minimum absolute atomic E-state index is 0.0185. The summed E-state index contributed by atoms with van der Waals surface area (Å²) in [5, 5.41) is 0. The molecule has 4 rings (SSSR count). The van der Waals surface area contributed by atoms with Crippen LogP contribution in [0.25, 0.3) is 11.1 Å². The van der Waals surface area contributed by atoms with Crippen LogP contribution in [0.1, 0.15) is 12.8 Å². The second-order valence-electron chi connectivity index (χ2n) is 6.13. The van der Waals surface area contributed by atoms with Gasteiger partial charge in [0.1, 0.15) is 0 Å². The summed E-state index contributed by atoms with van der Waals surface area (Å²) in [4.78, 5) is 22.1. The number of hydrogen-bond acceptors (Lipinski definition) is 7. The number of rotatable bonds is 4. The Morgan fingerprint density at radius 2 is 1.85 bits per heavy atom. The third-order valence-corrected chi connectivity index (χ3v) is 5.73. The quantitative estimate of drug-likeness (QED) is 0.732. The molecule has 3 aromatic rings. The summed E-state index contributed by atoms with van der Waals surface area (Å²) >= 11 is 0. The summed E-state index contributed by atoms with van der Waals surface area (Å²) in [6.45, 7) is 1.82. The van der Waals surface area contributed by atoms with E-state index in [4.69, 9.17) is 4.42 Å². The zero-order valence-electron chi connectivity index (χ0n) is 14.0. The molecule has 2 aromatic heterocycles. The van der Waals surface area contributed by atoms with Crippen LogP contribution in [-0.4, -0.2) is 36.0 Å². The van der Waals surface area contributed by atoms with Gasteiger partial charge in [0.2, 0.25) is 5.95 Å². The number of oxazole rings is 1. The lowest BCUT2D eigenvalue weighted by molar-refractivity contribution is 0.528. The fraction of sp³-hybridized carbons (Fsp3) is 0.312. The smallest absolute Gasteiger partial charge is 0.408 e. The van der Waals surface area contributed by atoms with Crippen LogP contribution in [0.3, 0.4) is 0 Å². The maximum Gasteiger partial charge on any atom is 0.419 e. The molecule has 1 aromatic carbocycles. The Hall–Kier alpha value is -2.88. The SMILES string of the molecule is Cn1c(=O)oc2ccc(S(=O)(=O)Nc3cnc(N4CCCC4)nc3)cc21. The summed E-state index contributed by atoms with van der Waals surface area (Å²) < 4.78 is 33.9. The Bertz CT molecular complexity index is 1110. The van der Waals surface area contributed by atoms with Crippen LogP contribution in [0.5, 0.6) is 0 Å². The number of anilines is 2. The Morgan fingerprint density at radius 3 is 2.54 bits per heavy atom. The summed E-state index contributed by atoms with van der Waals surface area (Å²) in [5.74, 6) is 0.0497. The standard InChI is InChI=1S/C16H17N5O4S/c1-20-13-8-12(4-5-14(13)25-16(20)22)26(23,24)19-11-9-17-15(18-10-11)21-6-2-3-7-21/h4-5,8-10,19H,2-3,6-7H2,1H3. The van der Waals surface area contributed by atoms with Crippen LogP contribution < -0.4 is 15.4 Å². The molecule has 1 aliphatic rings. The number of aromatic nitrogens is 3. The minimum atomic E-state index is -3.84. The van der Waals surface area contributed by atoms with Crippen LogP contribution in [-0.2, 0) is 17.1 Å². The molecule has 0 spiro atoms. The molecule has 1 aliphatic heterocycles. The van der Waals surface area contributed by atoms with Gasteiger partial charge >= 0.3 is 5.76 Å². The lowest BCUT2D eigenvalue weighted by Gasteiger charge is -2.15. The number of aryl methyl sites for hydroxylation is 1. The predicted molar refractivity (Wildman–Crippen MR) is 95.7 cm³/mol. The van der Waals surface area contributed by atoms with Crippen LogP contribution in [0.15, 0.2) is 44.7 Å². The van der Waals surface area contributed by atoms with Gasteiger partial charge in [-0.1, -0.05) is 0 Å². The van der Waals surface area contributed by atoms with Gasteiger partial charge in [-0.15, -0.1) is 0 Å². The molecule has 0 radical (unpaired) electrons. The van der Waals surface area contributed by atoms with Gasteiger partial charge in [0.25, 0.3) is 10.0 Å². The van der Waals surface area contributed by atoms with Crippen LogP contribution in [0.2, 0.25) is 0 Å². The fourth-order valence-electron chi connectivity index (χ4n) is 2.94. The first-order valence-corrected chi connectivity index (χ1v) is 9.62. The van der Waals surface area contributed by atoms with Gasteiger partial charge in [0.15, 0.2) is 5.58 Å². The van der Waals surface area contributed by atoms with Crippen molar-refractivity contribution in [3.8, 4) is 0 Å². The van der Waals surface area contributed by atoms with Crippen molar-refractivity contribution in [3.05, 3.63) is 41.1 Å². The minimum Gasteiger partial charge on any atom is -0.408 e. The molecule has 0 aliphatic carbocycles. The van der Waals surface area contributed by atoms with E-state index in [-0.39, 0.29) is 10.6 Å². The van der Waals surface area contributed by atoms with E-state index in [0.717, 1.165) is 25.9 Å². The largest absolute Gasteiger partial charge is 0.419 e. The molecule has 0 saturated carbocycles. The highest BCUT2D eigenvalue weighted by Gasteiger charge is 2.19. The average molecular weight is 375 g/mol. The Balaban J connectivity index is 1.60. The maximum atomic E-state index is 12.6. The number of benzene rings is 1. The zero-order valence-corrected chi connectivity index (χ0v) is 14.9. The highest BCUT2D eigenvalue weighted by Crippen LogP contribution is 2.21. The number of sulfonamides is 1. The molecule has 10 heteroatoms. The first-order chi connectivity index (χ1) is 12.4. The number of nitrogens with zero attached hydrogens (tertiary/aromatic N) is 4. The first kappa shape index (κ1) is 16.6. The fourth-order valence-corrected chi connectivity index (χ4v) is 3.99. The molecule has 9 nitrogen and oxygen atoms in total. The summed E-state index contributed by atoms with van der Waals surface area (Å²) in [5.41, 5.74) is 1.00. The van der Waals surface area contributed by atoms with E-state index in [2.05, 4.69) is 19.6 Å². The highest BCUT2D eigenvalue weighted by atomic mass is 32.2. The van der Waals surface area contributed by atoms with E-state index in [1.807, 2.05) is 0 Å². The van der Waals surface area contributed by atoms with Crippen molar-refractivity contribution in [2.45, 2.75) is 17.7 Å². The van der Waals surface area contributed by atoms with E-state index in [1.165, 1.54) is 42.2 Å². The molecule has 0 unspecified atom stereocenters. The van der Waals surface area contributed by atoms with Crippen molar-refractivity contribution in [1.82, 2.24) is 14.5 Å². The summed E-state index contributed by atoms with van der Waals surface area (Å²) in [6, 6.07) is 4.23. The normalized spacial score (nSPS) is 14.9. The monoisotopic (exact) mass is 375 g/mol. The Labute approximate surface area is 149 Å². The molecule has 136 valence electrons. The van der Waals surface area contributed by atoms with E-state index in [0.29, 0.717) is 17.0 Å². The van der Waals surface area contributed by atoms with Gasteiger partial charge in [-0.2, -0.15) is 0 Å². The zero-order chi connectivity index (χ0) is 18.3. The van der Waals surface area contributed by atoms with Crippen molar-refractivity contribution in [2.75, 3.05) is 22.7 Å².